The Morgan fingerprint density at radius 2 is 1.84 bits per heavy atom. The summed E-state index contributed by atoms with van der Waals surface area (Å²) in [5.74, 6) is 0.268. The molecule has 0 aromatic heterocycles. The van der Waals surface area contributed by atoms with Crippen molar-refractivity contribution in [3.05, 3.63) is 70.3 Å². The number of aryl methyl sites for hydroxylation is 1. The number of nitrogens with zero attached hydrogens (tertiary/aromatic N) is 3. The summed E-state index contributed by atoms with van der Waals surface area (Å²) in [5, 5.41) is -0.0805. The van der Waals surface area contributed by atoms with E-state index in [-0.39, 0.29) is 34.8 Å². The number of likely N-dealkylation sites (tertiary alicyclic amines) is 1. The van der Waals surface area contributed by atoms with Crippen LogP contribution in [-0.2, 0) is 31.3 Å². The first-order valence-corrected chi connectivity index (χ1v) is 21.9. The number of sulfonamides is 1. The van der Waals surface area contributed by atoms with Crippen LogP contribution in [0.4, 0.5) is 10.5 Å². The fourth-order valence-corrected chi connectivity index (χ4v) is 11.8. The highest BCUT2D eigenvalue weighted by molar-refractivity contribution is 7.90. The first-order chi connectivity index (χ1) is 26.2. The number of halogens is 1. The van der Waals surface area contributed by atoms with Crippen LogP contribution < -0.4 is 14.4 Å². The van der Waals surface area contributed by atoms with Gasteiger partial charge in [0.05, 0.1) is 24.1 Å². The fraction of sp³-hybridized carbons (Fsp3) is 0.619. The molecule has 8 rings (SSSR count). The van der Waals surface area contributed by atoms with E-state index < -0.39 is 32.4 Å². The third-order valence-corrected chi connectivity index (χ3v) is 16.1. The standard InChI is InChI=1S/C42H55ClN4O7S/c1-28-7-5-16-42(52-4,26-46-19-17-41(18-20-46)25-45(3)39(49)54-41)35-12-9-32(35)23-47-24-40(15-6-8-30-21-33(43)11-13-34(30)40)27-53-37-14-10-31(22-36(37)47)38(48)44-55(50,51)29(28)2/h5,10-11,13-14,16,21-22,28-29,32,35H,6-9,12,15,17-20,23-27H2,1-4H3,(H,44,48)/b16-5-/t28-,29+,32-,35+,40-,42+/m0/s1. The highest BCUT2D eigenvalue weighted by Crippen LogP contribution is 2.49. The van der Waals surface area contributed by atoms with Crippen molar-refractivity contribution in [3.8, 4) is 5.75 Å². The number of anilines is 1. The number of carbonyl (C=O) groups is 2. The number of ether oxygens (including phenoxy) is 3. The van der Waals surface area contributed by atoms with Crippen LogP contribution in [0.3, 0.4) is 0 Å². The monoisotopic (exact) mass is 794 g/mol. The van der Waals surface area contributed by atoms with E-state index in [0.717, 1.165) is 75.3 Å². The molecule has 1 N–H and O–H groups in total. The number of allylic oxidation sites excluding steroid dienone is 1. The molecule has 6 aliphatic rings. The molecule has 6 atom stereocenters. The van der Waals surface area contributed by atoms with Crippen molar-refractivity contribution < 1.29 is 32.2 Å². The molecule has 0 radical (unpaired) electrons. The van der Waals surface area contributed by atoms with Crippen LogP contribution in [0.1, 0.15) is 80.3 Å². The largest absolute Gasteiger partial charge is 0.490 e. The number of likely N-dealkylation sites (N-methyl/N-ethyl adjacent to an activating group) is 1. The van der Waals surface area contributed by atoms with Crippen molar-refractivity contribution in [3.63, 3.8) is 0 Å². The second-order valence-corrected chi connectivity index (χ2v) is 19.8. The quantitative estimate of drug-likeness (QED) is 0.364. The van der Waals surface area contributed by atoms with Crippen LogP contribution in [0.5, 0.6) is 5.75 Å². The van der Waals surface area contributed by atoms with E-state index in [2.05, 4.69) is 38.8 Å². The maximum atomic E-state index is 13.7. The predicted molar refractivity (Wildman–Crippen MR) is 212 cm³/mol. The average Bonchev–Trinajstić information content (AvgIpc) is 3.33. The van der Waals surface area contributed by atoms with Gasteiger partial charge in [-0.25, -0.2) is 17.9 Å². The molecule has 55 heavy (non-hydrogen) atoms. The number of fused-ring (bicyclic) bond motifs is 4. The van der Waals surface area contributed by atoms with E-state index in [1.54, 1.807) is 24.9 Å². The van der Waals surface area contributed by atoms with Gasteiger partial charge in [-0.3, -0.25) is 9.69 Å². The molecule has 0 unspecified atom stereocenters. The summed E-state index contributed by atoms with van der Waals surface area (Å²) >= 11 is 6.50. The number of benzene rings is 2. The van der Waals surface area contributed by atoms with Crippen LogP contribution in [0.15, 0.2) is 48.6 Å². The lowest BCUT2D eigenvalue weighted by Gasteiger charge is -2.52. The zero-order valence-corrected chi connectivity index (χ0v) is 34.1. The van der Waals surface area contributed by atoms with Gasteiger partial charge < -0.3 is 24.0 Å². The predicted octanol–water partition coefficient (Wildman–Crippen LogP) is 6.19. The van der Waals surface area contributed by atoms with Crippen LogP contribution >= 0.6 is 11.6 Å². The molecule has 13 heteroatoms. The maximum Gasteiger partial charge on any atom is 0.410 e. The Morgan fingerprint density at radius 1 is 1.04 bits per heavy atom. The van der Waals surface area contributed by atoms with E-state index in [0.29, 0.717) is 38.4 Å². The SMILES string of the molecule is CO[C@@]1(CN2CCC3(CC2)CN(C)C(=O)O3)/C=C\C[C@H](C)[C@@H](C)S(=O)(=O)NC(=O)c2ccc3c(c2)N(C[C@@H]2CC[C@H]21)C[C@@]1(CCCc2cc(Cl)ccc21)CO3. The van der Waals surface area contributed by atoms with Gasteiger partial charge in [-0.1, -0.05) is 36.7 Å². The fourth-order valence-electron chi connectivity index (χ4n) is 10.3. The van der Waals surface area contributed by atoms with E-state index in [4.69, 9.17) is 25.8 Å². The van der Waals surface area contributed by atoms with E-state index in [1.807, 2.05) is 32.2 Å². The minimum absolute atomic E-state index is 0.192. The van der Waals surface area contributed by atoms with E-state index >= 15 is 0 Å². The number of amides is 2. The molecule has 3 fully saturated rings. The van der Waals surface area contributed by atoms with Gasteiger partial charge in [0.25, 0.3) is 5.91 Å². The van der Waals surface area contributed by atoms with Gasteiger partial charge in [-0.2, -0.15) is 0 Å². The van der Waals surface area contributed by atoms with Gasteiger partial charge in [0.1, 0.15) is 17.0 Å². The van der Waals surface area contributed by atoms with Crippen molar-refractivity contribution in [1.82, 2.24) is 14.5 Å². The van der Waals surface area contributed by atoms with E-state index in [1.165, 1.54) is 11.1 Å². The molecule has 2 aliphatic carbocycles. The van der Waals surface area contributed by atoms with Gasteiger partial charge in [0, 0.05) is 75.7 Å². The second-order valence-electron chi connectivity index (χ2n) is 17.4. The van der Waals surface area contributed by atoms with Gasteiger partial charge in [-0.05, 0) is 105 Å². The summed E-state index contributed by atoms with van der Waals surface area (Å²) in [4.78, 5) is 32.5. The van der Waals surface area contributed by atoms with Crippen molar-refractivity contribution in [2.75, 3.05) is 64.9 Å². The van der Waals surface area contributed by atoms with Gasteiger partial charge in [0.15, 0.2) is 0 Å². The Hall–Kier alpha value is -3.32. The van der Waals surface area contributed by atoms with Crippen molar-refractivity contribution in [2.24, 2.45) is 17.8 Å². The molecule has 1 saturated carbocycles. The van der Waals surface area contributed by atoms with Crippen molar-refractivity contribution in [1.29, 1.82) is 0 Å². The highest BCUT2D eigenvalue weighted by Gasteiger charge is 2.52. The topological polar surface area (TPSA) is 118 Å². The molecule has 2 saturated heterocycles. The molecule has 2 amide bonds. The van der Waals surface area contributed by atoms with Crippen molar-refractivity contribution >= 4 is 39.3 Å². The van der Waals surface area contributed by atoms with E-state index in [9.17, 15) is 18.0 Å². The zero-order valence-electron chi connectivity index (χ0n) is 32.5. The number of piperidine rings is 1. The summed E-state index contributed by atoms with van der Waals surface area (Å²) in [7, 11) is -0.383. The summed E-state index contributed by atoms with van der Waals surface area (Å²) in [5.41, 5.74) is 2.24. The van der Waals surface area contributed by atoms with Gasteiger partial charge >= 0.3 is 6.09 Å². The van der Waals surface area contributed by atoms with Gasteiger partial charge in [0.2, 0.25) is 10.0 Å². The molecule has 2 aromatic carbocycles. The number of nitrogens with one attached hydrogen (secondary N) is 1. The molecular formula is C42H55ClN4O7S. The Morgan fingerprint density at radius 3 is 2.55 bits per heavy atom. The normalized spacial score (nSPS) is 33.8. The molecule has 2 aromatic rings. The Balaban J connectivity index is 1.16. The van der Waals surface area contributed by atoms with Crippen molar-refractivity contribution in [2.45, 2.75) is 87.1 Å². The minimum atomic E-state index is -3.99. The third kappa shape index (κ3) is 7.14. The van der Waals surface area contributed by atoms with Crippen LogP contribution in [-0.4, -0.2) is 107 Å². The lowest BCUT2D eigenvalue weighted by Crippen LogP contribution is -2.58. The number of carbonyl (C=O) groups excluding carboxylic acids is 2. The summed E-state index contributed by atoms with van der Waals surface area (Å²) in [6, 6.07) is 11.5. The lowest BCUT2D eigenvalue weighted by molar-refractivity contribution is -0.101. The number of rotatable bonds is 3. The summed E-state index contributed by atoms with van der Waals surface area (Å²) < 4.78 is 48.9. The Bertz CT molecular complexity index is 1970. The molecule has 4 heterocycles. The molecule has 298 valence electrons. The molecule has 2 spiro atoms. The number of methoxy groups -OCH3 is 1. The average molecular weight is 795 g/mol. The smallest absolute Gasteiger partial charge is 0.410 e. The first-order valence-electron chi connectivity index (χ1n) is 20.0. The second kappa shape index (κ2) is 14.6. The number of hydrogen-bond donors (Lipinski definition) is 1. The zero-order chi connectivity index (χ0) is 38.8. The molecule has 2 bridgehead atoms. The molecule has 11 nitrogen and oxygen atoms in total. The number of hydrogen-bond acceptors (Lipinski definition) is 9. The maximum absolute atomic E-state index is 13.7. The van der Waals surface area contributed by atoms with Crippen LogP contribution in [0.25, 0.3) is 0 Å². The van der Waals surface area contributed by atoms with Crippen LogP contribution in [0, 0.1) is 17.8 Å². The lowest BCUT2D eigenvalue weighted by atomic mass is 9.63. The third-order valence-electron chi connectivity index (χ3n) is 14.0. The van der Waals surface area contributed by atoms with Crippen LogP contribution in [0.2, 0.25) is 5.02 Å². The van der Waals surface area contributed by atoms with Gasteiger partial charge in [-0.15, -0.1) is 0 Å². The summed E-state index contributed by atoms with van der Waals surface area (Å²) in [6.45, 7) is 8.35. The minimum Gasteiger partial charge on any atom is -0.490 e. The molecule has 4 aliphatic heterocycles. The first kappa shape index (κ1) is 38.5. The Labute approximate surface area is 330 Å². The highest BCUT2D eigenvalue weighted by atomic mass is 35.5. The summed E-state index contributed by atoms with van der Waals surface area (Å²) in [6.07, 6.45) is 11.1. The molecular weight excluding hydrogens is 740 g/mol. The Kier molecular flexibility index (Phi) is 10.2.